The van der Waals surface area contributed by atoms with Crippen molar-refractivity contribution < 1.29 is 27.8 Å². The number of rotatable bonds is 12. The number of benzene rings is 4. The van der Waals surface area contributed by atoms with Crippen LogP contribution in [0.25, 0.3) is 0 Å². The molecule has 0 amide bonds. The Labute approximate surface area is 242 Å². The molecule has 0 aliphatic carbocycles. The second-order valence-electron chi connectivity index (χ2n) is 9.77. The lowest BCUT2D eigenvalue weighted by molar-refractivity contribution is -0.0941. The quantitative estimate of drug-likeness (QED) is 0.159. The lowest BCUT2D eigenvalue weighted by Crippen LogP contribution is -2.36. The third kappa shape index (κ3) is 8.58. The SMILES string of the molecule is O=P(Oc1ccccc1)(Oc1ccccc1)/C1=C/CCC[C@H](OCc2ccccc2)[C@@H](COCc2ccccc2)O1. The molecule has 41 heavy (non-hydrogen) atoms. The van der Waals surface area contributed by atoms with E-state index in [2.05, 4.69) is 0 Å². The maximum absolute atomic E-state index is 14.6. The Morgan fingerprint density at radius 2 is 1.20 bits per heavy atom. The highest BCUT2D eigenvalue weighted by atomic mass is 31.2. The molecule has 0 aromatic heterocycles. The van der Waals surface area contributed by atoms with Crippen LogP contribution in [-0.4, -0.2) is 18.8 Å². The fraction of sp³-hybridized carbons (Fsp3) is 0.235. The van der Waals surface area contributed by atoms with E-state index in [-0.39, 0.29) is 18.2 Å². The third-order valence-corrected chi connectivity index (χ3v) is 8.34. The van der Waals surface area contributed by atoms with Crippen molar-refractivity contribution in [2.75, 3.05) is 6.61 Å². The number of ether oxygens (including phenoxy) is 3. The summed E-state index contributed by atoms with van der Waals surface area (Å²) in [5.41, 5.74) is 2.28. The van der Waals surface area contributed by atoms with E-state index in [1.54, 1.807) is 24.3 Å². The van der Waals surface area contributed by atoms with Gasteiger partial charge in [-0.05, 0) is 60.7 Å². The molecule has 0 saturated heterocycles. The average molecular weight is 571 g/mol. The molecule has 4 aromatic carbocycles. The Kier molecular flexibility index (Phi) is 10.3. The lowest BCUT2D eigenvalue weighted by atomic mass is 10.1. The van der Waals surface area contributed by atoms with Crippen LogP contribution in [0.2, 0.25) is 0 Å². The highest BCUT2D eigenvalue weighted by molar-refractivity contribution is 7.59. The molecule has 0 fully saturated rings. The van der Waals surface area contributed by atoms with Gasteiger partial charge in [0, 0.05) is 0 Å². The molecule has 0 bridgehead atoms. The summed E-state index contributed by atoms with van der Waals surface area (Å²) >= 11 is 0. The van der Waals surface area contributed by atoms with Crippen molar-refractivity contribution in [3.05, 3.63) is 144 Å². The first kappa shape index (κ1) is 28.7. The van der Waals surface area contributed by atoms with E-state index in [4.69, 9.17) is 23.3 Å². The topological polar surface area (TPSA) is 63.2 Å². The van der Waals surface area contributed by atoms with E-state index in [1.165, 1.54) is 0 Å². The van der Waals surface area contributed by atoms with Crippen LogP contribution in [0.5, 0.6) is 11.5 Å². The smallest absolute Gasteiger partial charge is 0.476 e. The summed E-state index contributed by atoms with van der Waals surface area (Å²) in [7, 11) is -3.99. The zero-order chi connectivity index (χ0) is 28.2. The van der Waals surface area contributed by atoms with Gasteiger partial charge < -0.3 is 23.3 Å². The van der Waals surface area contributed by atoms with Gasteiger partial charge in [-0.1, -0.05) is 97.1 Å². The van der Waals surface area contributed by atoms with Crippen LogP contribution in [0.15, 0.2) is 133 Å². The Morgan fingerprint density at radius 1 is 0.683 bits per heavy atom. The first-order valence-electron chi connectivity index (χ1n) is 13.9. The van der Waals surface area contributed by atoms with Crippen LogP contribution in [-0.2, 0) is 32.0 Å². The monoisotopic (exact) mass is 570 g/mol. The molecular weight excluding hydrogens is 535 g/mol. The van der Waals surface area contributed by atoms with E-state index < -0.39 is 13.7 Å². The highest BCUT2D eigenvalue weighted by Gasteiger charge is 2.40. The Hall–Kier alpha value is -3.83. The van der Waals surface area contributed by atoms with Crippen LogP contribution in [0.4, 0.5) is 0 Å². The Balaban J connectivity index is 1.40. The molecule has 2 atom stereocenters. The molecule has 1 aliphatic rings. The number of para-hydroxylation sites is 2. The summed E-state index contributed by atoms with van der Waals surface area (Å²) in [4.78, 5) is 0. The second kappa shape index (κ2) is 14.7. The van der Waals surface area contributed by atoms with E-state index in [0.29, 0.717) is 31.1 Å². The van der Waals surface area contributed by atoms with Crippen molar-refractivity contribution in [2.24, 2.45) is 0 Å². The van der Waals surface area contributed by atoms with Crippen LogP contribution in [0.3, 0.4) is 0 Å². The molecule has 7 heteroatoms. The van der Waals surface area contributed by atoms with Gasteiger partial charge in [0.1, 0.15) is 17.6 Å². The average Bonchev–Trinajstić information content (AvgIpc) is 3.00. The molecule has 5 rings (SSSR count). The number of hydrogen-bond acceptors (Lipinski definition) is 6. The molecule has 0 spiro atoms. The minimum absolute atomic E-state index is 0.159. The van der Waals surface area contributed by atoms with Gasteiger partial charge in [0.2, 0.25) is 5.50 Å². The summed E-state index contributed by atoms with van der Waals surface area (Å²) in [5, 5.41) is 0. The van der Waals surface area contributed by atoms with Gasteiger partial charge in [-0.25, -0.2) is 4.57 Å². The maximum Gasteiger partial charge on any atom is 0.497 e. The maximum atomic E-state index is 14.6. The van der Waals surface area contributed by atoms with Gasteiger partial charge in [0.05, 0.1) is 25.9 Å². The zero-order valence-corrected chi connectivity index (χ0v) is 23.8. The molecule has 0 radical (unpaired) electrons. The molecule has 1 aliphatic heterocycles. The van der Waals surface area contributed by atoms with Crippen molar-refractivity contribution in [1.29, 1.82) is 0 Å². The van der Waals surface area contributed by atoms with Crippen molar-refractivity contribution in [3.63, 3.8) is 0 Å². The molecule has 0 N–H and O–H groups in total. The van der Waals surface area contributed by atoms with Gasteiger partial charge in [-0.3, -0.25) is 0 Å². The summed E-state index contributed by atoms with van der Waals surface area (Å²) in [6, 6.07) is 38.0. The molecule has 212 valence electrons. The summed E-state index contributed by atoms with van der Waals surface area (Å²) < 4.78 is 45.8. The largest absolute Gasteiger partial charge is 0.497 e. The minimum atomic E-state index is -3.99. The van der Waals surface area contributed by atoms with Crippen molar-refractivity contribution >= 4 is 7.60 Å². The van der Waals surface area contributed by atoms with Crippen molar-refractivity contribution in [3.8, 4) is 11.5 Å². The fourth-order valence-electron chi connectivity index (χ4n) is 4.51. The molecule has 4 aromatic rings. The Bertz CT molecular complexity index is 1350. The van der Waals surface area contributed by atoms with Gasteiger partial charge in [0.15, 0.2) is 0 Å². The van der Waals surface area contributed by atoms with Crippen molar-refractivity contribution in [1.82, 2.24) is 0 Å². The molecule has 1 heterocycles. The zero-order valence-electron chi connectivity index (χ0n) is 22.9. The van der Waals surface area contributed by atoms with E-state index in [0.717, 1.165) is 24.0 Å². The number of allylic oxidation sites excluding steroid dienone is 1. The van der Waals surface area contributed by atoms with E-state index in [9.17, 15) is 4.57 Å². The van der Waals surface area contributed by atoms with Crippen LogP contribution in [0, 0.1) is 0 Å². The van der Waals surface area contributed by atoms with Crippen molar-refractivity contribution in [2.45, 2.75) is 44.7 Å². The van der Waals surface area contributed by atoms with E-state index in [1.807, 2.05) is 103 Å². The number of hydrogen-bond donors (Lipinski definition) is 0. The fourth-order valence-corrected chi connectivity index (χ4v) is 6.14. The molecule has 6 nitrogen and oxygen atoms in total. The predicted octanol–water partition coefficient (Wildman–Crippen LogP) is 8.55. The van der Waals surface area contributed by atoms with Gasteiger partial charge >= 0.3 is 7.60 Å². The Morgan fingerprint density at radius 3 is 1.76 bits per heavy atom. The molecule has 0 unspecified atom stereocenters. The van der Waals surface area contributed by atoms with Gasteiger partial charge in [-0.15, -0.1) is 0 Å². The van der Waals surface area contributed by atoms with Gasteiger partial charge in [0.25, 0.3) is 0 Å². The minimum Gasteiger partial charge on any atom is -0.476 e. The first-order valence-corrected chi connectivity index (χ1v) is 15.5. The first-order chi connectivity index (χ1) is 20.2. The third-order valence-electron chi connectivity index (χ3n) is 6.61. The molecular formula is C34H35O6P. The summed E-state index contributed by atoms with van der Waals surface area (Å²) in [5.74, 6) is 0.846. The van der Waals surface area contributed by atoms with Crippen LogP contribution < -0.4 is 9.05 Å². The second-order valence-corrected chi connectivity index (χ2v) is 11.6. The summed E-state index contributed by atoms with van der Waals surface area (Å²) in [6.45, 7) is 1.09. The normalized spacial score (nSPS) is 18.7. The molecule has 0 saturated carbocycles. The highest BCUT2D eigenvalue weighted by Crippen LogP contribution is 2.57. The lowest BCUT2D eigenvalue weighted by Gasteiger charge is -2.32. The van der Waals surface area contributed by atoms with Gasteiger partial charge in [-0.2, -0.15) is 0 Å². The summed E-state index contributed by atoms with van der Waals surface area (Å²) in [6.07, 6.45) is 3.21. The predicted molar refractivity (Wildman–Crippen MR) is 160 cm³/mol. The standard InChI is InChI=1S/C34H35O6P/c35-41(39-30-19-9-3-10-20-30,40-31-21-11-4-12-22-31)34-24-14-13-23-32(37-26-29-17-7-2-8-18-29)33(38-34)27-36-25-28-15-5-1-6-16-28/h1-12,15-22,24,32-33H,13-14,23,25-27H2/b34-24+/t32-,33+/m0/s1. The van der Waals surface area contributed by atoms with Crippen LogP contribution in [0.1, 0.15) is 30.4 Å². The van der Waals surface area contributed by atoms with Crippen LogP contribution >= 0.6 is 7.60 Å². The van der Waals surface area contributed by atoms with E-state index >= 15 is 0 Å².